The Morgan fingerprint density at radius 3 is 2.50 bits per heavy atom. The van der Waals surface area contributed by atoms with Crippen molar-refractivity contribution in [1.29, 1.82) is 0 Å². The summed E-state index contributed by atoms with van der Waals surface area (Å²) in [6.07, 6.45) is -1.97. The Kier molecular flexibility index (Phi) is 6.20. The number of thioether (sulfide) groups is 1. The second kappa shape index (κ2) is 7.22. The fraction of sp³-hybridized carbons (Fsp3) is 0.571. The van der Waals surface area contributed by atoms with Gasteiger partial charge in [-0.3, -0.25) is 0 Å². The number of halogens is 3. The Morgan fingerprint density at radius 2 is 2.00 bits per heavy atom. The average molecular weight is 306 g/mol. The quantitative estimate of drug-likeness (QED) is 0.873. The molecule has 0 heterocycles. The first kappa shape index (κ1) is 17.2. The van der Waals surface area contributed by atoms with E-state index < -0.39 is 11.7 Å². The number of benzene rings is 1. The van der Waals surface area contributed by atoms with Gasteiger partial charge in [0.25, 0.3) is 0 Å². The van der Waals surface area contributed by atoms with Gasteiger partial charge in [-0.1, -0.05) is 6.07 Å². The molecule has 0 aromatic heterocycles. The lowest BCUT2D eigenvalue weighted by Crippen LogP contribution is -2.24. The number of alkyl halides is 3. The zero-order chi connectivity index (χ0) is 15.3. The van der Waals surface area contributed by atoms with E-state index in [1.807, 2.05) is 6.26 Å². The standard InChI is InChI=1S/C14H21F3N2S/c1-10(18)8-11-4-5-13(19(2)6-7-20-3)12(9-11)14(15,16)17/h4-5,9-10H,6-8,18H2,1-3H3. The monoisotopic (exact) mass is 306 g/mol. The highest BCUT2D eigenvalue weighted by Crippen LogP contribution is 2.37. The van der Waals surface area contributed by atoms with Crippen LogP contribution in [0, 0.1) is 0 Å². The summed E-state index contributed by atoms with van der Waals surface area (Å²) in [5.41, 5.74) is 5.91. The molecule has 20 heavy (non-hydrogen) atoms. The van der Waals surface area contributed by atoms with Crippen LogP contribution in [-0.4, -0.2) is 31.6 Å². The van der Waals surface area contributed by atoms with E-state index in [1.165, 1.54) is 6.07 Å². The molecule has 0 spiro atoms. The van der Waals surface area contributed by atoms with Crippen LogP contribution in [0.4, 0.5) is 18.9 Å². The molecular formula is C14H21F3N2S. The molecule has 0 aliphatic carbocycles. The molecule has 1 atom stereocenters. The Morgan fingerprint density at radius 1 is 1.35 bits per heavy atom. The Labute approximate surface area is 122 Å². The second-order valence-electron chi connectivity index (χ2n) is 4.95. The van der Waals surface area contributed by atoms with E-state index in [0.29, 0.717) is 18.5 Å². The summed E-state index contributed by atoms with van der Waals surface area (Å²) in [7, 11) is 1.69. The summed E-state index contributed by atoms with van der Waals surface area (Å²) in [4.78, 5) is 1.65. The van der Waals surface area contributed by atoms with Gasteiger partial charge in [-0.15, -0.1) is 0 Å². The highest BCUT2D eigenvalue weighted by atomic mass is 32.2. The van der Waals surface area contributed by atoms with Crippen molar-refractivity contribution < 1.29 is 13.2 Å². The van der Waals surface area contributed by atoms with E-state index in [-0.39, 0.29) is 11.7 Å². The Bertz CT molecular complexity index is 433. The van der Waals surface area contributed by atoms with Gasteiger partial charge in [-0.2, -0.15) is 24.9 Å². The lowest BCUT2D eigenvalue weighted by Gasteiger charge is -2.24. The molecule has 0 amide bonds. The fourth-order valence-corrected chi connectivity index (χ4v) is 2.45. The molecule has 2 nitrogen and oxygen atoms in total. The minimum absolute atomic E-state index is 0.156. The lowest BCUT2D eigenvalue weighted by atomic mass is 10.0. The number of nitrogens with zero attached hydrogens (tertiary/aromatic N) is 1. The van der Waals surface area contributed by atoms with Crippen molar-refractivity contribution in [3.63, 3.8) is 0 Å². The van der Waals surface area contributed by atoms with Crippen LogP contribution < -0.4 is 10.6 Å². The molecule has 0 saturated heterocycles. The third-order valence-electron chi connectivity index (χ3n) is 2.97. The summed E-state index contributed by atoms with van der Waals surface area (Å²) in [5.74, 6) is 0.787. The zero-order valence-electron chi connectivity index (χ0n) is 12.0. The molecule has 1 unspecified atom stereocenters. The first-order valence-corrected chi connectivity index (χ1v) is 7.81. The predicted octanol–water partition coefficient (Wildman–Crippen LogP) is 3.39. The van der Waals surface area contributed by atoms with Crippen molar-refractivity contribution in [2.24, 2.45) is 5.73 Å². The number of rotatable bonds is 6. The predicted molar refractivity (Wildman–Crippen MR) is 80.4 cm³/mol. The summed E-state index contributed by atoms with van der Waals surface area (Å²) in [6, 6.07) is 4.33. The summed E-state index contributed by atoms with van der Waals surface area (Å²) in [5, 5.41) is 0. The van der Waals surface area contributed by atoms with Gasteiger partial charge in [0.15, 0.2) is 0 Å². The van der Waals surface area contributed by atoms with Crippen LogP contribution in [0.25, 0.3) is 0 Å². The molecule has 0 aliphatic rings. The third-order valence-corrected chi connectivity index (χ3v) is 3.56. The van der Waals surface area contributed by atoms with Crippen LogP contribution in [0.5, 0.6) is 0 Å². The van der Waals surface area contributed by atoms with E-state index in [0.717, 1.165) is 5.75 Å². The highest BCUT2D eigenvalue weighted by molar-refractivity contribution is 7.98. The van der Waals surface area contributed by atoms with Crippen LogP contribution in [0.15, 0.2) is 18.2 Å². The van der Waals surface area contributed by atoms with Crippen LogP contribution in [0.2, 0.25) is 0 Å². The highest BCUT2D eigenvalue weighted by Gasteiger charge is 2.34. The number of hydrogen-bond donors (Lipinski definition) is 1. The number of nitrogens with two attached hydrogens (primary N) is 1. The SMILES string of the molecule is CSCCN(C)c1ccc(CC(C)N)cc1C(F)(F)F. The Hall–Kier alpha value is -0.880. The summed E-state index contributed by atoms with van der Waals surface area (Å²) in [6.45, 7) is 2.36. The molecule has 2 N–H and O–H groups in total. The lowest BCUT2D eigenvalue weighted by molar-refractivity contribution is -0.137. The van der Waals surface area contributed by atoms with Crippen molar-refractivity contribution in [1.82, 2.24) is 0 Å². The molecule has 0 fully saturated rings. The molecule has 1 rings (SSSR count). The van der Waals surface area contributed by atoms with Gasteiger partial charge in [0.05, 0.1) is 5.56 Å². The van der Waals surface area contributed by atoms with E-state index >= 15 is 0 Å². The maximum Gasteiger partial charge on any atom is 0.418 e. The molecular weight excluding hydrogens is 285 g/mol. The third kappa shape index (κ3) is 4.90. The summed E-state index contributed by atoms with van der Waals surface area (Å²) < 4.78 is 39.6. The van der Waals surface area contributed by atoms with Gasteiger partial charge in [-0.05, 0) is 37.3 Å². The minimum Gasteiger partial charge on any atom is -0.373 e. The minimum atomic E-state index is -4.35. The van der Waals surface area contributed by atoms with Gasteiger partial charge >= 0.3 is 6.18 Å². The van der Waals surface area contributed by atoms with Crippen molar-refractivity contribution in [2.45, 2.75) is 25.6 Å². The van der Waals surface area contributed by atoms with Gasteiger partial charge < -0.3 is 10.6 Å². The molecule has 0 aliphatic heterocycles. The van der Waals surface area contributed by atoms with Crippen molar-refractivity contribution in [3.05, 3.63) is 29.3 Å². The van der Waals surface area contributed by atoms with Gasteiger partial charge in [0.2, 0.25) is 0 Å². The van der Waals surface area contributed by atoms with Crippen molar-refractivity contribution in [3.8, 4) is 0 Å². The normalized spacial score (nSPS) is 13.3. The number of hydrogen-bond acceptors (Lipinski definition) is 3. The van der Waals surface area contributed by atoms with Gasteiger partial charge in [-0.25, -0.2) is 0 Å². The van der Waals surface area contributed by atoms with E-state index in [1.54, 1.807) is 42.8 Å². The van der Waals surface area contributed by atoms with E-state index in [9.17, 15) is 13.2 Å². The molecule has 0 saturated carbocycles. The topological polar surface area (TPSA) is 29.3 Å². The molecule has 1 aromatic carbocycles. The largest absolute Gasteiger partial charge is 0.418 e. The molecule has 0 bridgehead atoms. The smallest absolute Gasteiger partial charge is 0.373 e. The summed E-state index contributed by atoms with van der Waals surface area (Å²) >= 11 is 1.61. The molecule has 114 valence electrons. The van der Waals surface area contributed by atoms with Crippen LogP contribution in [-0.2, 0) is 12.6 Å². The first-order valence-electron chi connectivity index (χ1n) is 6.41. The molecule has 6 heteroatoms. The maximum atomic E-state index is 13.2. The van der Waals surface area contributed by atoms with Crippen LogP contribution in [0.1, 0.15) is 18.1 Å². The van der Waals surface area contributed by atoms with E-state index in [2.05, 4.69) is 0 Å². The molecule has 1 aromatic rings. The average Bonchev–Trinajstić information content (AvgIpc) is 2.34. The first-order chi connectivity index (χ1) is 9.25. The Balaban J connectivity index is 3.10. The van der Waals surface area contributed by atoms with Crippen molar-refractivity contribution >= 4 is 17.4 Å². The fourth-order valence-electron chi connectivity index (χ4n) is 1.99. The second-order valence-corrected chi connectivity index (χ2v) is 5.93. The molecule has 0 radical (unpaired) electrons. The van der Waals surface area contributed by atoms with Crippen LogP contribution in [0.3, 0.4) is 0 Å². The number of anilines is 1. The van der Waals surface area contributed by atoms with Gasteiger partial charge in [0, 0.05) is 31.1 Å². The van der Waals surface area contributed by atoms with E-state index in [4.69, 9.17) is 5.73 Å². The van der Waals surface area contributed by atoms with Gasteiger partial charge in [0.1, 0.15) is 0 Å². The maximum absolute atomic E-state index is 13.2. The zero-order valence-corrected chi connectivity index (χ0v) is 12.8. The van der Waals surface area contributed by atoms with Crippen molar-refractivity contribution in [2.75, 3.05) is 30.5 Å². The van der Waals surface area contributed by atoms with Crippen LogP contribution >= 0.6 is 11.8 Å².